The van der Waals surface area contributed by atoms with Gasteiger partial charge in [0.1, 0.15) is 5.76 Å². The molecule has 1 aromatic carbocycles. The summed E-state index contributed by atoms with van der Waals surface area (Å²) in [6.07, 6.45) is 1.68. The summed E-state index contributed by atoms with van der Waals surface area (Å²) in [5, 5.41) is 0. The number of ether oxygens (including phenoxy) is 2. The average molecular weight is 343 g/mol. The zero-order valence-electron chi connectivity index (χ0n) is 14.2. The zero-order chi connectivity index (χ0) is 17.2. The molecule has 0 radical (unpaired) electrons. The van der Waals surface area contributed by atoms with Crippen LogP contribution >= 0.6 is 0 Å². The van der Waals surface area contributed by atoms with Crippen LogP contribution < -0.4 is 9.47 Å². The third kappa shape index (κ3) is 3.46. The molecule has 0 atom stereocenters. The van der Waals surface area contributed by atoms with Crippen LogP contribution in [0.5, 0.6) is 11.5 Å². The maximum atomic E-state index is 12.4. The molecule has 1 saturated heterocycles. The molecule has 2 aromatic rings. The minimum absolute atomic E-state index is 0.0996. The number of fused-ring (bicyclic) bond motifs is 1. The molecule has 0 N–H and O–H groups in total. The first-order valence-corrected chi connectivity index (χ1v) is 8.46. The van der Waals surface area contributed by atoms with Crippen LogP contribution in [0, 0.1) is 6.92 Å². The number of oxazole rings is 1. The number of nitrogens with zero attached hydrogens (tertiary/aromatic N) is 3. The number of carbonyl (C=O) groups is 1. The molecule has 0 unspecified atom stereocenters. The molecule has 0 bridgehead atoms. The molecule has 25 heavy (non-hydrogen) atoms. The first kappa shape index (κ1) is 16.0. The van der Waals surface area contributed by atoms with Crippen LogP contribution in [-0.2, 0) is 17.8 Å². The lowest BCUT2D eigenvalue weighted by atomic mass is 10.1. The van der Waals surface area contributed by atoms with E-state index in [0.29, 0.717) is 12.6 Å². The molecule has 4 rings (SSSR count). The Morgan fingerprint density at radius 3 is 2.72 bits per heavy atom. The molecule has 7 heteroatoms. The molecule has 2 aliphatic heterocycles. The van der Waals surface area contributed by atoms with Gasteiger partial charge in [0.25, 0.3) is 0 Å². The minimum Gasteiger partial charge on any atom is -0.454 e. The SMILES string of the molecule is Cc1ncoc1CC(=O)N1CCN(Cc2ccc3c(c2)OCO3)CC1. The van der Waals surface area contributed by atoms with Gasteiger partial charge in [-0.1, -0.05) is 6.07 Å². The number of rotatable bonds is 4. The summed E-state index contributed by atoms with van der Waals surface area (Å²) in [7, 11) is 0. The van der Waals surface area contributed by atoms with Gasteiger partial charge in [-0.05, 0) is 24.6 Å². The van der Waals surface area contributed by atoms with Gasteiger partial charge in [-0.3, -0.25) is 9.69 Å². The molecular weight excluding hydrogens is 322 g/mol. The third-order valence-electron chi connectivity index (χ3n) is 4.72. The Morgan fingerprint density at radius 2 is 1.96 bits per heavy atom. The Bertz CT molecular complexity index is 765. The van der Waals surface area contributed by atoms with Crippen LogP contribution in [0.4, 0.5) is 0 Å². The van der Waals surface area contributed by atoms with Crippen molar-refractivity contribution in [2.75, 3.05) is 33.0 Å². The highest BCUT2D eigenvalue weighted by Crippen LogP contribution is 2.32. The number of carbonyl (C=O) groups excluding carboxylic acids is 1. The molecule has 0 saturated carbocycles. The minimum atomic E-state index is 0.0996. The first-order valence-electron chi connectivity index (χ1n) is 8.46. The topological polar surface area (TPSA) is 68.0 Å². The van der Waals surface area contributed by atoms with Crippen LogP contribution in [-0.4, -0.2) is 53.7 Å². The van der Waals surface area contributed by atoms with E-state index < -0.39 is 0 Å². The first-order chi connectivity index (χ1) is 12.2. The van der Waals surface area contributed by atoms with E-state index in [1.165, 1.54) is 12.0 Å². The Hall–Kier alpha value is -2.54. The number of hydrogen-bond acceptors (Lipinski definition) is 6. The molecular formula is C18H21N3O4. The Balaban J connectivity index is 1.29. The van der Waals surface area contributed by atoms with E-state index in [-0.39, 0.29) is 12.3 Å². The van der Waals surface area contributed by atoms with Gasteiger partial charge in [0.15, 0.2) is 17.9 Å². The highest BCUT2D eigenvalue weighted by atomic mass is 16.7. The van der Waals surface area contributed by atoms with Gasteiger partial charge in [0, 0.05) is 32.7 Å². The van der Waals surface area contributed by atoms with E-state index in [2.05, 4.69) is 16.0 Å². The summed E-state index contributed by atoms with van der Waals surface area (Å²) < 4.78 is 16.0. The quantitative estimate of drug-likeness (QED) is 0.840. The lowest BCUT2D eigenvalue weighted by Gasteiger charge is -2.34. The smallest absolute Gasteiger partial charge is 0.231 e. The van der Waals surface area contributed by atoms with Crippen molar-refractivity contribution in [1.29, 1.82) is 0 Å². The number of hydrogen-bond donors (Lipinski definition) is 0. The van der Waals surface area contributed by atoms with E-state index >= 15 is 0 Å². The summed E-state index contributed by atoms with van der Waals surface area (Å²) in [5.74, 6) is 2.38. The second kappa shape index (κ2) is 6.76. The normalized spacial score (nSPS) is 17.1. The van der Waals surface area contributed by atoms with E-state index in [4.69, 9.17) is 13.9 Å². The van der Waals surface area contributed by atoms with Crippen LogP contribution in [0.15, 0.2) is 29.0 Å². The molecule has 1 amide bonds. The van der Waals surface area contributed by atoms with Crippen molar-refractivity contribution in [3.8, 4) is 11.5 Å². The number of amides is 1. The molecule has 7 nitrogen and oxygen atoms in total. The average Bonchev–Trinajstić information content (AvgIpc) is 3.24. The zero-order valence-corrected chi connectivity index (χ0v) is 14.2. The summed E-state index contributed by atoms with van der Waals surface area (Å²) in [6, 6.07) is 6.06. The van der Waals surface area contributed by atoms with Gasteiger partial charge < -0.3 is 18.8 Å². The van der Waals surface area contributed by atoms with Gasteiger partial charge in [0.05, 0.1) is 12.1 Å². The van der Waals surface area contributed by atoms with Crippen molar-refractivity contribution < 1.29 is 18.7 Å². The molecule has 0 spiro atoms. The Kier molecular flexibility index (Phi) is 4.31. The third-order valence-corrected chi connectivity index (χ3v) is 4.72. The summed E-state index contributed by atoms with van der Waals surface area (Å²) in [5.41, 5.74) is 1.98. The molecule has 0 aliphatic carbocycles. The van der Waals surface area contributed by atoms with E-state index in [1.54, 1.807) is 0 Å². The monoisotopic (exact) mass is 343 g/mol. The lowest BCUT2D eigenvalue weighted by molar-refractivity contribution is -0.132. The van der Waals surface area contributed by atoms with Crippen molar-refractivity contribution in [2.24, 2.45) is 0 Å². The van der Waals surface area contributed by atoms with Gasteiger partial charge in [-0.15, -0.1) is 0 Å². The number of aryl methyl sites for hydroxylation is 1. The summed E-state index contributed by atoms with van der Waals surface area (Å²) in [6.45, 7) is 6.18. The van der Waals surface area contributed by atoms with Gasteiger partial charge in [-0.25, -0.2) is 4.98 Å². The van der Waals surface area contributed by atoms with Crippen LogP contribution in [0.25, 0.3) is 0 Å². The largest absolute Gasteiger partial charge is 0.454 e. The summed E-state index contributed by atoms with van der Waals surface area (Å²) >= 11 is 0. The predicted octanol–water partition coefficient (Wildman–Crippen LogP) is 1.60. The van der Waals surface area contributed by atoms with Crippen molar-refractivity contribution in [3.63, 3.8) is 0 Å². The Morgan fingerprint density at radius 1 is 1.16 bits per heavy atom. The molecule has 1 fully saturated rings. The van der Waals surface area contributed by atoms with Crippen LogP contribution in [0.2, 0.25) is 0 Å². The van der Waals surface area contributed by atoms with Crippen molar-refractivity contribution in [2.45, 2.75) is 19.9 Å². The van der Waals surface area contributed by atoms with Crippen molar-refractivity contribution in [3.05, 3.63) is 41.6 Å². The maximum Gasteiger partial charge on any atom is 0.231 e. The fourth-order valence-electron chi connectivity index (χ4n) is 3.20. The second-order valence-corrected chi connectivity index (χ2v) is 6.38. The van der Waals surface area contributed by atoms with Crippen LogP contribution in [0.1, 0.15) is 17.0 Å². The van der Waals surface area contributed by atoms with Crippen molar-refractivity contribution >= 4 is 5.91 Å². The van der Waals surface area contributed by atoms with Crippen molar-refractivity contribution in [1.82, 2.24) is 14.8 Å². The van der Waals surface area contributed by atoms with E-state index in [9.17, 15) is 4.79 Å². The van der Waals surface area contributed by atoms with Crippen LogP contribution in [0.3, 0.4) is 0 Å². The molecule has 132 valence electrons. The fraction of sp³-hybridized carbons (Fsp3) is 0.444. The fourth-order valence-corrected chi connectivity index (χ4v) is 3.20. The highest BCUT2D eigenvalue weighted by molar-refractivity contribution is 5.78. The second-order valence-electron chi connectivity index (χ2n) is 6.38. The van der Waals surface area contributed by atoms with Gasteiger partial charge in [0.2, 0.25) is 12.7 Å². The number of piperazine rings is 1. The number of aromatic nitrogens is 1. The molecule has 3 heterocycles. The molecule has 1 aromatic heterocycles. The van der Waals surface area contributed by atoms with Gasteiger partial charge in [-0.2, -0.15) is 0 Å². The standard InChI is InChI=1S/C18H21N3O4/c1-13-16(23-11-19-13)9-18(22)21-6-4-20(5-7-21)10-14-2-3-15-17(8-14)25-12-24-15/h2-3,8,11H,4-7,9-10,12H2,1H3. The highest BCUT2D eigenvalue weighted by Gasteiger charge is 2.23. The number of benzene rings is 1. The Labute approximate surface area is 146 Å². The van der Waals surface area contributed by atoms with E-state index in [1.807, 2.05) is 24.0 Å². The summed E-state index contributed by atoms with van der Waals surface area (Å²) in [4.78, 5) is 20.7. The predicted molar refractivity (Wildman–Crippen MR) is 89.4 cm³/mol. The van der Waals surface area contributed by atoms with Gasteiger partial charge >= 0.3 is 0 Å². The maximum absolute atomic E-state index is 12.4. The lowest BCUT2D eigenvalue weighted by Crippen LogP contribution is -2.48. The van der Waals surface area contributed by atoms with E-state index in [0.717, 1.165) is 49.9 Å². The molecule has 2 aliphatic rings.